The van der Waals surface area contributed by atoms with E-state index in [4.69, 9.17) is 0 Å². The molecule has 2 amide bonds. The summed E-state index contributed by atoms with van der Waals surface area (Å²) in [6, 6.07) is 1.54. The van der Waals surface area contributed by atoms with Crippen molar-refractivity contribution in [2.75, 3.05) is 12.3 Å². The van der Waals surface area contributed by atoms with Gasteiger partial charge >= 0.3 is 0 Å². The van der Waals surface area contributed by atoms with E-state index in [0.717, 1.165) is 21.7 Å². The molecular weight excluding hydrogens is 332 g/mol. The Labute approximate surface area is 143 Å². The summed E-state index contributed by atoms with van der Waals surface area (Å²) in [7, 11) is 0. The molecular formula is C15H20N4O2S2. The fraction of sp³-hybridized carbons (Fsp3) is 0.467. The van der Waals surface area contributed by atoms with Gasteiger partial charge in [-0.3, -0.25) is 9.59 Å². The normalized spacial score (nSPS) is 12.1. The molecule has 6 nitrogen and oxygen atoms in total. The van der Waals surface area contributed by atoms with Gasteiger partial charge in [-0.25, -0.2) is 9.97 Å². The zero-order valence-electron chi connectivity index (χ0n) is 13.4. The van der Waals surface area contributed by atoms with Crippen LogP contribution in [0.4, 0.5) is 0 Å². The molecule has 23 heavy (non-hydrogen) atoms. The molecule has 2 aromatic heterocycles. The molecule has 2 aromatic rings. The third-order valence-electron chi connectivity index (χ3n) is 3.15. The lowest BCUT2D eigenvalue weighted by atomic mass is 10.3. The van der Waals surface area contributed by atoms with Crippen LogP contribution in [0.1, 0.15) is 25.6 Å². The summed E-state index contributed by atoms with van der Waals surface area (Å²) in [5.74, 6) is -0.153. The van der Waals surface area contributed by atoms with Crippen molar-refractivity contribution in [3.05, 3.63) is 17.3 Å². The fourth-order valence-electron chi connectivity index (χ4n) is 1.98. The first-order valence-corrected chi connectivity index (χ1v) is 9.28. The fourth-order valence-corrected chi connectivity index (χ4v) is 3.77. The minimum atomic E-state index is -0.540. The van der Waals surface area contributed by atoms with Crippen LogP contribution < -0.4 is 10.6 Å². The van der Waals surface area contributed by atoms with Gasteiger partial charge in [0.1, 0.15) is 22.2 Å². The summed E-state index contributed by atoms with van der Waals surface area (Å²) in [6.45, 7) is 6.16. The van der Waals surface area contributed by atoms with Crippen LogP contribution in [0.5, 0.6) is 0 Å². The Balaban J connectivity index is 1.96. The monoisotopic (exact) mass is 352 g/mol. The number of fused-ring (bicyclic) bond motifs is 1. The van der Waals surface area contributed by atoms with Crippen LogP contribution in [0.3, 0.4) is 0 Å². The van der Waals surface area contributed by atoms with Gasteiger partial charge in [-0.2, -0.15) is 0 Å². The van der Waals surface area contributed by atoms with Gasteiger partial charge in [0.15, 0.2) is 0 Å². The highest BCUT2D eigenvalue weighted by atomic mass is 32.2. The highest BCUT2D eigenvalue weighted by molar-refractivity contribution is 8.00. The second-order valence-corrected chi connectivity index (χ2v) is 7.02. The Morgan fingerprint density at radius 1 is 1.35 bits per heavy atom. The van der Waals surface area contributed by atoms with E-state index in [2.05, 4.69) is 33.6 Å². The summed E-state index contributed by atoms with van der Waals surface area (Å²) >= 11 is 3.01. The van der Waals surface area contributed by atoms with Gasteiger partial charge in [-0.1, -0.05) is 18.7 Å². The van der Waals surface area contributed by atoms with Crippen LogP contribution in [-0.4, -0.2) is 40.1 Å². The molecule has 0 aliphatic rings. The number of aryl methyl sites for hydroxylation is 1. The predicted octanol–water partition coefficient (Wildman–Crippen LogP) is 1.99. The van der Waals surface area contributed by atoms with E-state index in [-0.39, 0.29) is 17.6 Å². The second kappa shape index (κ2) is 8.26. The number of carbonyl (C=O) groups excluding carboxylic acids is 2. The van der Waals surface area contributed by atoms with E-state index < -0.39 is 6.04 Å². The molecule has 0 aliphatic heterocycles. The molecule has 0 radical (unpaired) electrons. The first kappa shape index (κ1) is 17.7. The van der Waals surface area contributed by atoms with E-state index in [0.29, 0.717) is 6.54 Å². The van der Waals surface area contributed by atoms with Crippen molar-refractivity contribution in [3.8, 4) is 0 Å². The smallest absolute Gasteiger partial charge is 0.242 e. The number of amides is 2. The maximum absolute atomic E-state index is 12.0. The minimum Gasteiger partial charge on any atom is -0.355 e. The Morgan fingerprint density at radius 3 is 2.83 bits per heavy atom. The van der Waals surface area contributed by atoms with Crippen LogP contribution in [0.15, 0.2) is 17.4 Å². The molecule has 0 aromatic carbocycles. The zero-order valence-corrected chi connectivity index (χ0v) is 15.0. The lowest BCUT2D eigenvalue weighted by Gasteiger charge is -2.13. The number of rotatable bonds is 7. The van der Waals surface area contributed by atoms with Crippen molar-refractivity contribution in [2.45, 2.75) is 38.3 Å². The molecule has 1 atom stereocenters. The van der Waals surface area contributed by atoms with E-state index in [1.165, 1.54) is 23.0 Å². The maximum Gasteiger partial charge on any atom is 0.242 e. The van der Waals surface area contributed by atoms with Crippen LogP contribution >= 0.6 is 23.1 Å². The summed E-state index contributed by atoms with van der Waals surface area (Å²) in [5, 5.41) is 7.15. The third kappa shape index (κ3) is 4.65. The lowest BCUT2D eigenvalue weighted by molar-refractivity contribution is -0.127. The Bertz CT molecular complexity index is 702. The first-order valence-electron chi connectivity index (χ1n) is 7.48. The average Bonchev–Trinajstić information content (AvgIpc) is 2.96. The first-order chi connectivity index (χ1) is 11.0. The van der Waals surface area contributed by atoms with Gasteiger partial charge in [-0.15, -0.1) is 11.3 Å². The molecule has 0 aliphatic carbocycles. The van der Waals surface area contributed by atoms with Gasteiger partial charge in [0.05, 0.1) is 5.75 Å². The number of nitrogens with zero attached hydrogens (tertiary/aromatic N) is 2. The molecule has 2 rings (SSSR count). The van der Waals surface area contributed by atoms with Crippen molar-refractivity contribution in [1.82, 2.24) is 20.6 Å². The Morgan fingerprint density at radius 2 is 2.13 bits per heavy atom. The molecule has 2 N–H and O–H groups in total. The number of hydrogen-bond donors (Lipinski definition) is 2. The van der Waals surface area contributed by atoms with Gasteiger partial charge in [0, 0.05) is 16.8 Å². The number of thioether (sulfide) groups is 1. The molecule has 0 unspecified atom stereocenters. The Hall–Kier alpha value is -1.67. The number of likely N-dealkylation sites (N-methyl/N-ethyl adjacent to an activating group) is 1. The lowest BCUT2D eigenvalue weighted by Crippen LogP contribution is -2.45. The number of carbonyl (C=O) groups is 2. The highest BCUT2D eigenvalue weighted by Gasteiger charge is 2.16. The molecule has 8 heteroatoms. The highest BCUT2D eigenvalue weighted by Crippen LogP contribution is 2.30. The van der Waals surface area contributed by atoms with Gasteiger partial charge in [-0.05, 0) is 26.3 Å². The standard InChI is InChI=1S/C15H20N4O2S2/c1-4-10-6-11-14(17-8-18-15(11)23-10)22-7-12(20)19-9(3)13(21)16-5-2/h6,8-9H,4-5,7H2,1-3H3,(H,16,21)(H,19,20)/t9-/m1/s1. The summed E-state index contributed by atoms with van der Waals surface area (Å²) in [6.07, 6.45) is 2.48. The topological polar surface area (TPSA) is 84.0 Å². The molecule has 0 fully saturated rings. The molecule has 0 spiro atoms. The summed E-state index contributed by atoms with van der Waals surface area (Å²) in [4.78, 5) is 34.3. The van der Waals surface area contributed by atoms with Crippen LogP contribution in [0.2, 0.25) is 0 Å². The number of nitrogens with one attached hydrogen (secondary N) is 2. The number of hydrogen-bond acceptors (Lipinski definition) is 6. The average molecular weight is 352 g/mol. The second-order valence-electron chi connectivity index (χ2n) is 4.94. The number of thiophene rings is 1. The summed E-state index contributed by atoms with van der Waals surface area (Å²) in [5.41, 5.74) is 0. The van der Waals surface area contributed by atoms with Crippen molar-refractivity contribution in [3.63, 3.8) is 0 Å². The maximum atomic E-state index is 12.0. The molecule has 0 saturated carbocycles. The minimum absolute atomic E-state index is 0.180. The predicted molar refractivity (Wildman–Crippen MR) is 93.8 cm³/mol. The van der Waals surface area contributed by atoms with Crippen LogP contribution in [0, 0.1) is 0 Å². The van der Waals surface area contributed by atoms with Gasteiger partial charge in [0.2, 0.25) is 11.8 Å². The van der Waals surface area contributed by atoms with Crippen LogP contribution in [0.25, 0.3) is 10.2 Å². The third-order valence-corrected chi connectivity index (χ3v) is 5.35. The quantitative estimate of drug-likeness (QED) is 0.588. The van der Waals surface area contributed by atoms with E-state index in [9.17, 15) is 9.59 Å². The van der Waals surface area contributed by atoms with E-state index >= 15 is 0 Å². The zero-order chi connectivity index (χ0) is 16.8. The van der Waals surface area contributed by atoms with Gasteiger partial charge < -0.3 is 10.6 Å². The molecule has 0 saturated heterocycles. The van der Waals surface area contributed by atoms with Gasteiger partial charge in [0.25, 0.3) is 0 Å². The van der Waals surface area contributed by atoms with E-state index in [1.54, 1.807) is 18.3 Å². The SMILES string of the molecule is CCNC(=O)[C@@H](C)NC(=O)CSc1ncnc2sc(CC)cc12. The summed E-state index contributed by atoms with van der Waals surface area (Å²) < 4.78 is 0. The largest absolute Gasteiger partial charge is 0.355 e. The molecule has 0 bridgehead atoms. The number of aromatic nitrogens is 2. The molecule has 124 valence electrons. The van der Waals surface area contributed by atoms with Crippen molar-refractivity contribution < 1.29 is 9.59 Å². The van der Waals surface area contributed by atoms with E-state index in [1.807, 2.05) is 6.92 Å². The van der Waals surface area contributed by atoms with Crippen molar-refractivity contribution >= 4 is 45.1 Å². The van der Waals surface area contributed by atoms with Crippen LogP contribution in [-0.2, 0) is 16.0 Å². The molecule has 2 heterocycles. The Kier molecular flexibility index (Phi) is 6.35. The van der Waals surface area contributed by atoms with Crippen molar-refractivity contribution in [2.24, 2.45) is 0 Å². The van der Waals surface area contributed by atoms with Crippen molar-refractivity contribution in [1.29, 1.82) is 0 Å².